The number of epoxide rings is 2. The molecule has 0 aromatic heterocycles. The number of carbonyl (C=O) groups excluding carboxylic acids is 1. The molecule has 1 aliphatic carbocycles. The van der Waals surface area contributed by atoms with Crippen LogP contribution in [0.1, 0.15) is 33.6 Å². The van der Waals surface area contributed by atoms with E-state index in [4.69, 9.17) is 14.2 Å². The zero-order valence-corrected chi connectivity index (χ0v) is 14.3. The zero-order valence-electron chi connectivity index (χ0n) is 14.3. The molecule has 0 bridgehead atoms. The highest BCUT2D eigenvalue weighted by molar-refractivity contribution is 5.87. The number of methoxy groups -OCH3 is 1. The van der Waals surface area contributed by atoms with Gasteiger partial charge in [-0.1, -0.05) is 13.0 Å². The summed E-state index contributed by atoms with van der Waals surface area (Å²) in [5.41, 5.74) is -1.77. The van der Waals surface area contributed by atoms with E-state index in [1.54, 1.807) is 0 Å². The Balaban J connectivity index is 1.77. The lowest BCUT2D eigenvalue weighted by Crippen LogP contribution is -2.55. The normalized spacial score (nSPS) is 45.6. The van der Waals surface area contributed by atoms with E-state index in [1.165, 1.54) is 7.11 Å². The van der Waals surface area contributed by atoms with Crippen molar-refractivity contribution >= 4 is 5.78 Å². The number of halogens is 3. The lowest BCUT2D eigenvalue weighted by Gasteiger charge is -2.40. The highest BCUT2D eigenvalue weighted by atomic mass is 19.4. The molecule has 136 valence electrons. The second-order valence-electron chi connectivity index (χ2n) is 7.41. The number of allylic oxidation sites excluding steroid dienone is 1. The summed E-state index contributed by atoms with van der Waals surface area (Å²) in [6.07, 6.45) is -3.39. The number of hydrogen-bond acceptors (Lipinski definition) is 4. The Kier molecular flexibility index (Phi) is 4.13. The zero-order chi connectivity index (χ0) is 17.9. The van der Waals surface area contributed by atoms with Crippen molar-refractivity contribution in [1.82, 2.24) is 0 Å². The van der Waals surface area contributed by atoms with Crippen LogP contribution in [0.5, 0.6) is 0 Å². The average molecular weight is 348 g/mol. The molecule has 2 aliphatic heterocycles. The smallest absolute Gasteiger partial charge is 0.373 e. The predicted molar refractivity (Wildman–Crippen MR) is 79.5 cm³/mol. The van der Waals surface area contributed by atoms with E-state index < -0.39 is 29.1 Å². The third kappa shape index (κ3) is 2.80. The van der Waals surface area contributed by atoms with Crippen molar-refractivity contribution in [3.63, 3.8) is 0 Å². The second kappa shape index (κ2) is 5.54. The number of hydrogen-bond donors (Lipinski definition) is 0. The van der Waals surface area contributed by atoms with Crippen LogP contribution >= 0.6 is 0 Å². The summed E-state index contributed by atoms with van der Waals surface area (Å²) >= 11 is 0. The second-order valence-corrected chi connectivity index (χ2v) is 7.41. The number of alkyl halides is 3. The Morgan fingerprint density at radius 3 is 2.58 bits per heavy atom. The fourth-order valence-corrected chi connectivity index (χ4v) is 4.16. The Bertz CT molecular complexity index is 567. The molecule has 0 unspecified atom stereocenters. The predicted octanol–water partition coefficient (Wildman–Crippen LogP) is 3.05. The number of ketones is 1. The molecule has 0 aromatic rings. The minimum absolute atomic E-state index is 0.0149. The molecule has 1 saturated carbocycles. The van der Waals surface area contributed by atoms with Gasteiger partial charge < -0.3 is 14.2 Å². The third-order valence-electron chi connectivity index (χ3n) is 5.74. The molecule has 24 heavy (non-hydrogen) atoms. The van der Waals surface area contributed by atoms with Crippen LogP contribution in [0.3, 0.4) is 0 Å². The fourth-order valence-electron chi connectivity index (χ4n) is 4.16. The van der Waals surface area contributed by atoms with Gasteiger partial charge in [0.05, 0.1) is 18.6 Å². The Morgan fingerprint density at radius 2 is 2.08 bits per heavy atom. The van der Waals surface area contributed by atoms with Gasteiger partial charge in [-0.05, 0) is 26.7 Å². The summed E-state index contributed by atoms with van der Waals surface area (Å²) < 4.78 is 54.8. The monoisotopic (exact) mass is 348 g/mol. The first-order valence-electron chi connectivity index (χ1n) is 8.17. The molecule has 3 fully saturated rings. The van der Waals surface area contributed by atoms with Gasteiger partial charge in [-0.15, -0.1) is 0 Å². The first-order valence-corrected chi connectivity index (χ1v) is 8.17. The SMILES string of the molecule is CO[C@@H]1C(=O)[C@H](C)C[C@]2(CO2)[C@H]1[C@@]1(C)O[C@@H]1C/C=C(\C)C(F)(F)F. The molecule has 2 saturated heterocycles. The largest absolute Gasteiger partial charge is 0.412 e. The van der Waals surface area contributed by atoms with Crippen molar-refractivity contribution in [2.75, 3.05) is 13.7 Å². The average Bonchev–Trinajstić information content (AvgIpc) is 3.38. The van der Waals surface area contributed by atoms with Crippen LogP contribution in [0, 0.1) is 11.8 Å². The van der Waals surface area contributed by atoms with E-state index in [0.717, 1.165) is 13.0 Å². The van der Waals surface area contributed by atoms with Gasteiger partial charge in [0, 0.05) is 18.6 Å². The van der Waals surface area contributed by atoms with Crippen LogP contribution in [0.25, 0.3) is 0 Å². The van der Waals surface area contributed by atoms with E-state index in [-0.39, 0.29) is 30.1 Å². The standard InChI is InChI=1S/C17H23F3O4/c1-9-7-16(8-23-16)14(13(22-4)12(9)21)15(3)11(24-15)6-5-10(2)17(18,19)20/h5,9,11,13-14H,6-8H2,1-4H3/b10-5+/t9-,11-,13-,14-,15+,16+/m1/s1. The van der Waals surface area contributed by atoms with Crippen LogP contribution in [-0.2, 0) is 19.0 Å². The van der Waals surface area contributed by atoms with Crippen molar-refractivity contribution < 1.29 is 32.2 Å². The molecule has 1 spiro atoms. The summed E-state index contributed by atoms with van der Waals surface area (Å²) in [7, 11) is 1.48. The number of rotatable bonds is 4. The van der Waals surface area contributed by atoms with Gasteiger partial charge in [0.2, 0.25) is 0 Å². The molecule has 2 heterocycles. The van der Waals surface area contributed by atoms with E-state index in [1.807, 2.05) is 13.8 Å². The van der Waals surface area contributed by atoms with E-state index in [2.05, 4.69) is 0 Å². The maximum absolute atomic E-state index is 12.6. The Labute approximate surface area is 139 Å². The minimum atomic E-state index is -4.32. The molecule has 3 aliphatic rings. The molecular weight excluding hydrogens is 325 g/mol. The van der Waals surface area contributed by atoms with Gasteiger partial charge in [-0.3, -0.25) is 4.79 Å². The summed E-state index contributed by atoms with van der Waals surface area (Å²) in [4.78, 5) is 12.5. The van der Waals surface area contributed by atoms with Crippen molar-refractivity contribution in [3.8, 4) is 0 Å². The molecule has 0 N–H and O–H groups in total. The highest BCUT2D eigenvalue weighted by Crippen LogP contribution is 2.59. The molecule has 0 radical (unpaired) electrons. The van der Waals surface area contributed by atoms with Gasteiger partial charge >= 0.3 is 6.18 Å². The number of ether oxygens (including phenoxy) is 3. The first-order chi connectivity index (χ1) is 11.0. The maximum Gasteiger partial charge on any atom is 0.412 e. The Morgan fingerprint density at radius 1 is 1.46 bits per heavy atom. The van der Waals surface area contributed by atoms with Gasteiger partial charge in [-0.2, -0.15) is 13.2 Å². The van der Waals surface area contributed by atoms with Crippen LogP contribution in [0.15, 0.2) is 11.6 Å². The van der Waals surface area contributed by atoms with Crippen LogP contribution in [0.2, 0.25) is 0 Å². The van der Waals surface area contributed by atoms with E-state index in [0.29, 0.717) is 13.0 Å². The maximum atomic E-state index is 12.6. The molecule has 0 aromatic carbocycles. The van der Waals surface area contributed by atoms with Crippen molar-refractivity contribution in [2.45, 2.75) is 63.2 Å². The van der Waals surface area contributed by atoms with Gasteiger partial charge in [-0.25, -0.2) is 0 Å². The Hall–Kier alpha value is -0.920. The van der Waals surface area contributed by atoms with Crippen molar-refractivity contribution in [1.29, 1.82) is 0 Å². The van der Waals surface area contributed by atoms with Gasteiger partial charge in [0.15, 0.2) is 5.78 Å². The summed E-state index contributed by atoms with van der Waals surface area (Å²) in [5, 5.41) is 0. The molecule has 3 rings (SSSR count). The molecule has 7 heteroatoms. The molecular formula is C17H23F3O4. The summed E-state index contributed by atoms with van der Waals surface area (Å²) in [6, 6.07) is 0. The third-order valence-corrected chi connectivity index (χ3v) is 5.74. The molecule has 0 amide bonds. The van der Waals surface area contributed by atoms with Crippen molar-refractivity contribution in [2.24, 2.45) is 11.8 Å². The lowest BCUT2D eigenvalue weighted by atomic mass is 9.66. The molecule has 4 nitrogen and oxygen atoms in total. The number of carbonyl (C=O) groups is 1. The number of Topliss-reactive ketones (excluding diaryl/α,β-unsaturated/α-hetero) is 1. The quantitative estimate of drug-likeness (QED) is 0.579. The van der Waals surface area contributed by atoms with E-state index >= 15 is 0 Å². The van der Waals surface area contributed by atoms with Crippen LogP contribution < -0.4 is 0 Å². The van der Waals surface area contributed by atoms with Crippen molar-refractivity contribution in [3.05, 3.63) is 11.6 Å². The fraction of sp³-hybridized carbons (Fsp3) is 0.824. The van der Waals surface area contributed by atoms with Crippen LogP contribution in [0.4, 0.5) is 13.2 Å². The van der Waals surface area contributed by atoms with Gasteiger partial charge in [0.1, 0.15) is 17.3 Å². The highest BCUT2D eigenvalue weighted by Gasteiger charge is 2.72. The lowest BCUT2D eigenvalue weighted by molar-refractivity contribution is -0.148. The summed E-state index contributed by atoms with van der Waals surface area (Å²) in [5.74, 6) is -0.425. The van der Waals surface area contributed by atoms with Crippen LogP contribution in [-0.4, -0.2) is 49.1 Å². The topological polar surface area (TPSA) is 51.4 Å². The van der Waals surface area contributed by atoms with E-state index in [9.17, 15) is 18.0 Å². The first kappa shape index (κ1) is 17.9. The molecule has 6 atom stereocenters. The summed E-state index contributed by atoms with van der Waals surface area (Å²) in [6.45, 7) is 5.29. The van der Waals surface area contributed by atoms with Gasteiger partial charge in [0.25, 0.3) is 0 Å². The minimum Gasteiger partial charge on any atom is -0.373 e.